The Hall–Kier alpha value is -4.54. The summed E-state index contributed by atoms with van der Waals surface area (Å²) < 4.78 is 68.5. The Bertz CT molecular complexity index is 2370. The number of phosphoric acid groups is 2. The van der Waals surface area contributed by atoms with E-state index in [4.69, 9.17) is 37.0 Å². The fourth-order valence-electron chi connectivity index (χ4n) is 10.1. The van der Waals surface area contributed by atoms with E-state index in [0.717, 1.165) is 186 Å². The highest BCUT2D eigenvalue weighted by molar-refractivity contribution is 7.47. The molecule has 574 valence electrons. The molecular formula is C81H138O17P2. The third kappa shape index (κ3) is 71.8. The minimum atomic E-state index is -4.99. The fourth-order valence-corrected chi connectivity index (χ4v) is 11.7. The van der Waals surface area contributed by atoms with Gasteiger partial charge in [-0.1, -0.05) is 278 Å². The van der Waals surface area contributed by atoms with E-state index < -0.39 is 97.5 Å². The number of allylic oxidation sites excluding steroid dienone is 20. The molecule has 17 nitrogen and oxygen atoms in total. The first-order valence-corrected chi connectivity index (χ1v) is 41.8. The Morgan fingerprint density at radius 2 is 0.520 bits per heavy atom. The molecular weight excluding hydrogens is 1310 g/mol. The van der Waals surface area contributed by atoms with Gasteiger partial charge in [-0.25, -0.2) is 9.13 Å². The molecule has 0 amide bonds. The van der Waals surface area contributed by atoms with E-state index in [2.05, 4.69) is 149 Å². The second-order valence-electron chi connectivity index (χ2n) is 25.5. The van der Waals surface area contributed by atoms with E-state index in [1.165, 1.54) is 38.5 Å². The lowest BCUT2D eigenvalue weighted by molar-refractivity contribution is -0.161. The topological polar surface area (TPSA) is 237 Å². The molecule has 5 atom stereocenters. The second kappa shape index (κ2) is 72.8. The summed E-state index contributed by atoms with van der Waals surface area (Å²) in [5, 5.41) is 10.6. The van der Waals surface area contributed by atoms with Gasteiger partial charge in [0, 0.05) is 25.7 Å². The van der Waals surface area contributed by atoms with Crippen molar-refractivity contribution in [3.63, 3.8) is 0 Å². The predicted molar refractivity (Wildman–Crippen MR) is 408 cm³/mol. The largest absolute Gasteiger partial charge is 0.472 e. The summed E-state index contributed by atoms with van der Waals surface area (Å²) in [6, 6.07) is 0. The average Bonchev–Trinajstić information content (AvgIpc) is 1.02. The molecule has 0 aromatic carbocycles. The van der Waals surface area contributed by atoms with E-state index in [0.29, 0.717) is 32.1 Å². The molecule has 0 fully saturated rings. The molecule has 0 spiro atoms. The zero-order valence-electron chi connectivity index (χ0n) is 62.6. The number of rotatable bonds is 72. The van der Waals surface area contributed by atoms with Crippen LogP contribution in [-0.2, 0) is 65.4 Å². The molecule has 0 saturated carbocycles. The van der Waals surface area contributed by atoms with Crippen molar-refractivity contribution < 1.29 is 80.2 Å². The van der Waals surface area contributed by atoms with Crippen LogP contribution in [0.2, 0.25) is 0 Å². The van der Waals surface area contributed by atoms with Gasteiger partial charge in [-0.05, 0) is 128 Å². The van der Waals surface area contributed by atoms with Gasteiger partial charge in [0.05, 0.1) is 26.4 Å². The second-order valence-corrected chi connectivity index (χ2v) is 28.4. The normalized spacial score (nSPS) is 14.6. The Kier molecular flexibility index (Phi) is 69.5. The zero-order chi connectivity index (χ0) is 73.2. The van der Waals surface area contributed by atoms with Crippen LogP contribution in [0.4, 0.5) is 0 Å². The smallest absolute Gasteiger partial charge is 0.462 e. The number of phosphoric ester groups is 2. The lowest BCUT2D eigenvalue weighted by Gasteiger charge is -2.21. The van der Waals surface area contributed by atoms with Crippen LogP contribution in [0.1, 0.15) is 310 Å². The minimum absolute atomic E-state index is 0.0388. The molecule has 0 rings (SSSR count). The van der Waals surface area contributed by atoms with Crippen molar-refractivity contribution in [3.05, 3.63) is 122 Å². The fraction of sp³-hybridized carbons (Fsp3) is 0.704. The first-order chi connectivity index (χ1) is 48.7. The van der Waals surface area contributed by atoms with E-state index in [1.807, 2.05) is 0 Å². The van der Waals surface area contributed by atoms with Gasteiger partial charge in [0.2, 0.25) is 0 Å². The number of ether oxygens (including phenoxy) is 4. The van der Waals surface area contributed by atoms with Crippen molar-refractivity contribution in [2.75, 3.05) is 39.6 Å². The average molecular weight is 1450 g/mol. The van der Waals surface area contributed by atoms with Crippen LogP contribution in [0.3, 0.4) is 0 Å². The standard InChI is InChI=1S/C81H138O17P2/c1-5-9-13-17-21-25-29-32-35-37-40-42-46-49-53-57-61-65-78(83)91-71-76(97-80(85)67-63-59-55-51-45-28-24-20-16-12-8-4)73-95-99(87,88)93-69-75(82)70-94-100(89,90)96-74-77(98-81(86)68-64-60-56-52-48-44-39-34-31-27-23-19-15-11-7-3)72-92-79(84)66-62-58-54-50-47-43-41-38-36-33-30-26-22-18-14-10-6-2/h9-11,13-15,21-23,25-27,32-36,39,48,52,75-77,82H,5-8,12,16-20,24,28-31,37-38,40-47,49-51,53-74H2,1-4H3,(H,87,88)(H,89,90)/b13-9-,14-10-,15-11-,25-21-,26-22-,27-23-,35-32-,36-33-,39-34-,52-48-. The summed E-state index contributed by atoms with van der Waals surface area (Å²) in [6.45, 7) is 4.48. The van der Waals surface area contributed by atoms with Gasteiger partial charge in [-0.15, -0.1) is 0 Å². The third-order valence-corrected chi connectivity index (χ3v) is 17.8. The van der Waals surface area contributed by atoms with Crippen LogP contribution in [0, 0.1) is 0 Å². The van der Waals surface area contributed by atoms with Gasteiger partial charge >= 0.3 is 39.5 Å². The third-order valence-electron chi connectivity index (χ3n) is 15.9. The minimum Gasteiger partial charge on any atom is -0.462 e. The van der Waals surface area contributed by atoms with E-state index in [-0.39, 0.29) is 25.7 Å². The van der Waals surface area contributed by atoms with Crippen LogP contribution < -0.4 is 0 Å². The number of hydrogen-bond donors (Lipinski definition) is 3. The maximum absolute atomic E-state index is 13.1. The van der Waals surface area contributed by atoms with Gasteiger partial charge < -0.3 is 33.8 Å². The van der Waals surface area contributed by atoms with Crippen molar-refractivity contribution in [3.8, 4) is 0 Å². The number of carbonyl (C=O) groups excluding carboxylic acids is 4. The molecule has 0 bridgehead atoms. The number of aliphatic hydroxyl groups is 1. The lowest BCUT2D eigenvalue weighted by atomic mass is 10.1. The predicted octanol–water partition coefficient (Wildman–Crippen LogP) is 22.3. The first-order valence-electron chi connectivity index (χ1n) is 38.8. The zero-order valence-corrected chi connectivity index (χ0v) is 64.4. The Morgan fingerprint density at radius 3 is 0.820 bits per heavy atom. The van der Waals surface area contributed by atoms with E-state index in [1.54, 1.807) is 0 Å². The summed E-state index contributed by atoms with van der Waals surface area (Å²) in [7, 11) is -9.97. The number of aliphatic hydroxyl groups excluding tert-OH is 1. The van der Waals surface area contributed by atoms with Crippen LogP contribution in [0.25, 0.3) is 0 Å². The lowest BCUT2D eigenvalue weighted by Crippen LogP contribution is -2.30. The summed E-state index contributed by atoms with van der Waals surface area (Å²) >= 11 is 0. The molecule has 0 aliphatic heterocycles. The monoisotopic (exact) mass is 1440 g/mol. The Labute approximate surface area is 606 Å². The number of carbonyl (C=O) groups is 4. The Morgan fingerprint density at radius 1 is 0.290 bits per heavy atom. The maximum atomic E-state index is 13.1. The SMILES string of the molecule is CC/C=C\C/C=C\C/C=C\C/C=C\CCCCC(=O)OC(COC(=O)CCCCCCCCC/C=C\C/C=C\C/C=C\CC)COP(=O)(O)OCC(O)COP(=O)(O)OCC(COC(=O)CCCCCCCCC/C=C\C/C=C\C/C=C\CC)OC(=O)CCCCCCCCCCCCC. The van der Waals surface area contributed by atoms with Crippen LogP contribution >= 0.6 is 15.6 Å². The van der Waals surface area contributed by atoms with E-state index >= 15 is 0 Å². The molecule has 0 aliphatic rings. The first kappa shape index (κ1) is 95.5. The van der Waals surface area contributed by atoms with Crippen LogP contribution in [0.15, 0.2) is 122 Å². The highest BCUT2D eigenvalue weighted by Gasteiger charge is 2.30. The molecule has 0 aromatic heterocycles. The molecule has 19 heteroatoms. The summed E-state index contributed by atoms with van der Waals surface area (Å²) in [4.78, 5) is 72.9. The Balaban J connectivity index is 5.36. The van der Waals surface area contributed by atoms with Crippen LogP contribution in [0.5, 0.6) is 0 Å². The van der Waals surface area contributed by atoms with Crippen LogP contribution in [-0.4, -0.2) is 96.7 Å². The summed E-state index contributed by atoms with van der Waals surface area (Å²) in [5.74, 6) is -2.24. The van der Waals surface area contributed by atoms with Crippen molar-refractivity contribution in [2.24, 2.45) is 0 Å². The number of unbranched alkanes of at least 4 members (excludes halogenated alkanes) is 26. The number of esters is 4. The van der Waals surface area contributed by atoms with E-state index in [9.17, 15) is 43.2 Å². The van der Waals surface area contributed by atoms with Crippen molar-refractivity contribution in [1.29, 1.82) is 0 Å². The quantitative estimate of drug-likeness (QED) is 0.0169. The summed E-state index contributed by atoms with van der Waals surface area (Å²) in [6.07, 6.45) is 79.0. The molecule has 100 heavy (non-hydrogen) atoms. The van der Waals surface area contributed by atoms with Gasteiger partial charge in [-0.3, -0.25) is 37.3 Å². The van der Waals surface area contributed by atoms with Gasteiger partial charge in [0.1, 0.15) is 19.3 Å². The molecule has 0 heterocycles. The van der Waals surface area contributed by atoms with Gasteiger partial charge in [0.15, 0.2) is 12.2 Å². The summed E-state index contributed by atoms with van der Waals surface area (Å²) in [5.41, 5.74) is 0. The molecule has 0 aliphatic carbocycles. The molecule has 5 unspecified atom stereocenters. The van der Waals surface area contributed by atoms with Gasteiger partial charge in [0.25, 0.3) is 0 Å². The molecule has 0 radical (unpaired) electrons. The van der Waals surface area contributed by atoms with Crippen molar-refractivity contribution >= 4 is 39.5 Å². The molecule has 0 saturated heterocycles. The van der Waals surface area contributed by atoms with Crippen molar-refractivity contribution in [2.45, 2.75) is 329 Å². The number of hydrogen-bond acceptors (Lipinski definition) is 15. The maximum Gasteiger partial charge on any atom is 0.472 e. The van der Waals surface area contributed by atoms with Gasteiger partial charge in [-0.2, -0.15) is 0 Å². The molecule has 3 N–H and O–H groups in total. The highest BCUT2D eigenvalue weighted by atomic mass is 31.2. The molecule has 0 aromatic rings. The highest BCUT2D eigenvalue weighted by Crippen LogP contribution is 2.45. The van der Waals surface area contributed by atoms with Crippen molar-refractivity contribution in [1.82, 2.24) is 0 Å².